The molecule has 1 aliphatic rings. The zero-order chi connectivity index (χ0) is 28.5. The van der Waals surface area contributed by atoms with Crippen LogP contribution in [-0.4, -0.2) is 64.5 Å². The normalized spacial score (nSPS) is 12.9. The van der Waals surface area contributed by atoms with E-state index in [1.165, 1.54) is 7.11 Å². The van der Waals surface area contributed by atoms with Crippen LogP contribution in [0.1, 0.15) is 21.6 Å². The maximum absolute atomic E-state index is 13.9. The number of aliphatic hydroxyl groups excluding tert-OH is 1. The lowest BCUT2D eigenvalue weighted by Gasteiger charge is -2.21. The van der Waals surface area contributed by atoms with Crippen LogP contribution in [0.3, 0.4) is 0 Å². The minimum Gasteiger partial charge on any atom is -0.496 e. The van der Waals surface area contributed by atoms with Crippen LogP contribution in [0.25, 0.3) is 33.7 Å². The van der Waals surface area contributed by atoms with Crippen molar-refractivity contribution in [3.8, 4) is 40.2 Å². The van der Waals surface area contributed by atoms with E-state index < -0.39 is 11.9 Å². The number of aromatic amines is 1. The molecule has 210 valence electrons. The van der Waals surface area contributed by atoms with Crippen molar-refractivity contribution in [3.05, 3.63) is 77.6 Å². The van der Waals surface area contributed by atoms with E-state index in [1.54, 1.807) is 14.2 Å². The Hall–Kier alpha value is -4.83. The molecule has 0 saturated heterocycles. The molecule has 4 heterocycles. The number of amides is 1. The lowest BCUT2D eigenvalue weighted by atomic mass is 10.0. The van der Waals surface area contributed by atoms with Crippen LogP contribution in [0.4, 0.5) is 0 Å². The summed E-state index contributed by atoms with van der Waals surface area (Å²) in [6, 6.07) is 16.9. The monoisotopic (exact) mass is 553 g/mol. The van der Waals surface area contributed by atoms with Gasteiger partial charge in [0.25, 0.3) is 11.8 Å². The number of rotatable bonds is 9. The predicted molar refractivity (Wildman–Crippen MR) is 155 cm³/mol. The minimum atomic E-state index is -0.527. The van der Waals surface area contributed by atoms with Crippen molar-refractivity contribution in [2.45, 2.75) is 25.4 Å². The number of fused-ring (bicyclic) bond motifs is 4. The van der Waals surface area contributed by atoms with Gasteiger partial charge in [0.05, 0.1) is 39.7 Å². The van der Waals surface area contributed by atoms with Gasteiger partial charge in [-0.15, -0.1) is 0 Å². The first-order chi connectivity index (χ1) is 20.1. The van der Waals surface area contributed by atoms with Crippen LogP contribution in [-0.2, 0) is 19.4 Å². The van der Waals surface area contributed by atoms with Crippen LogP contribution in [0, 0.1) is 0 Å². The van der Waals surface area contributed by atoms with Crippen molar-refractivity contribution in [2.24, 2.45) is 0 Å². The molecule has 3 N–H and O–H groups in total. The summed E-state index contributed by atoms with van der Waals surface area (Å²) in [5.74, 6) is 1.65. The van der Waals surface area contributed by atoms with Gasteiger partial charge in [-0.05, 0) is 48.2 Å². The molecule has 10 nitrogen and oxygen atoms in total. The molecule has 0 unspecified atom stereocenters. The van der Waals surface area contributed by atoms with Crippen LogP contribution < -0.4 is 19.5 Å². The summed E-state index contributed by atoms with van der Waals surface area (Å²) < 4.78 is 18.6. The van der Waals surface area contributed by atoms with E-state index in [0.29, 0.717) is 54.0 Å². The zero-order valence-corrected chi connectivity index (χ0v) is 23.1. The van der Waals surface area contributed by atoms with Crippen molar-refractivity contribution in [2.75, 3.05) is 27.9 Å². The molecule has 0 bridgehead atoms. The number of carbonyl (C=O) groups excluding carboxylic acids is 1. The lowest BCUT2D eigenvalue weighted by Crippen LogP contribution is -2.39. The molecule has 10 heteroatoms. The third-order valence-electron chi connectivity index (χ3n) is 7.51. The molecule has 0 saturated carbocycles. The number of imidazole rings is 1. The summed E-state index contributed by atoms with van der Waals surface area (Å²) in [6.07, 6.45) is 3.03. The maximum Gasteiger partial charge on any atom is 0.272 e. The summed E-state index contributed by atoms with van der Waals surface area (Å²) >= 11 is 0. The summed E-state index contributed by atoms with van der Waals surface area (Å²) in [5, 5.41) is 14.3. The Labute approximate surface area is 236 Å². The SMILES string of the molecule is COc1ccccc1-c1c(C(=O)N[C@@H](CO)Cc2c[nH]c3ccccc23)nc2n1CCc1cc(OC)c(OC)nc1-2. The highest BCUT2D eigenvalue weighted by atomic mass is 16.5. The lowest BCUT2D eigenvalue weighted by molar-refractivity contribution is 0.0912. The number of methoxy groups -OCH3 is 3. The molecule has 1 amide bonds. The van der Waals surface area contributed by atoms with E-state index >= 15 is 0 Å². The molecule has 0 fully saturated rings. The molecule has 1 aliphatic heterocycles. The van der Waals surface area contributed by atoms with E-state index in [4.69, 9.17) is 24.2 Å². The van der Waals surface area contributed by atoms with Crippen molar-refractivity contribution in [1.82, 2.24) is 24.8 Å². The van der Waals surface area contributed by atoms with Gasteiger partial charge in [0, 0.05) is 29.2 Å². The second-order valence-electron chi connectivity index (χ2n) is 9.86. The van der Waals surface area contributed by atoms with E-state index in [2.05, 4.69) is 10.3 Å². The molecular formula is C31H31N5O5. The molecular weight excluding hydrogens is 522 g/mol. The molecule has 41 heavy (non-hydrogen) atoms. The molecule has 3 aromatic heterocycles. The minimum absolute atomic E-state index is 0.228. The number of nitrogens with zero attached hydrogens (tertiary/aromatic N) is 3. The number of hydrogen-bond acceptors (Lipinski definition) is 7. The van der Waals surface area contributed by atoms with Crippen LogP contribution in [0.5, 0.6) is 17.4 Å². The van der Waals surface area contributed by atoms with Crippen molar-refractivity contribution >= 4 is 16.8 Å². The Morgan fingerprint density at radius 2 is 1.83 bits per heavy atom. The summed E-state index contributed by atoms with van der Waals surface area (Å²) in [5.41, 5.74) is 5.18. The van der Waals surface area contributed by atoms with E-state index in [0.717, 1.165) is 27.6 Å². The Morgan fingerprint density at radius 1 is 1.05 bits per heavy atom. The fourth-order valence-corrected chi connectivity index (χ4v) is 5.53. The van der Waals surface area contributed by atoms with Gasteiger partial charge in [0.1, 0.15) is 11.4 Å². The standard InChI is InChI=1S/C31H31N5O5/c1-39-24-11-7-5-9-22(24)28-27(30(38)33-20(17-37)14-19-16-32-23-10-6-4-8-21(19)23)34-29-26-18(12-13-36(28)29)15-25(40-2)31(35-26)41-3/h4-11,15-16,20,32,37H,12-14,17H2,1-3H3,(H,33,38)/t20-/m1/s1. The van der Waals surface area contributed by atoms with Gasteiger partial charge < -0.3 is 34.2 Å². The maximum atomic E-state index is 13.9. The number of aliphatic hydroxyl groups is 1. The first kappa shape index (κ1) is 26.4. The number of H-pyrrole nitrogens is 1. The van der Waals surface area contributed by atoms with E-state index in [1.807, 2.05) is 65.4 Å². The first-order valence-corrected chi connectivity index (χ1v) is 13.4. The second-order valence-corrected chi connectivity index (χ2v) is 9.86. The number of nitrogens with one attached hydrogen (secondary N) is 2. The average molecular weight is 554 g/mol. The smallest absolute Gasteiger partial charge is 0.272 e. The van der Waals surface area contributed by atoms with Crippen molar-refractivity contribution < 1.29 is 24.1 Å². The number of hydrogen-bond donors (Lipinski definition) is 3. The van der Waals surface area contributed by atoms with Gasteiger partial charge in [-0.3, -0.25) is 4.79 Å². The van der Waals surface area contributed by atoms with Gasteiger partial charge in [-0.2, -0.15) is 0 Å². The summed E-state index contributed by atoms with van der Waals surface area (Å²) in [6.45, 7) is 0.343. The Morgan fingerprint density at radius 3 is 2.61 bits per heavy atom. The average Bonchev–Trinajstić information content (AvgIpc) is 3.61. The number of para-hydroxylation sites is 2. The topological polar surface area (TPSA) is 124 Å². The first-order valence-electron chi connectivity index (χ1n) is 13.4. The van der Waals surface area contributed by atoms with Gasteiger partial charge in [0.2, 0.25) is 0 Å². The van der Waals surface area contributed by atoms with Crippen LogP contribution >= 0.6 is 0 Å². The van der Waals surface area contributed by atoms with Gasteiger partial charge >= 0.3 is 0 Å². The number of ether oxygens (including phenoxy) is 3. The van der Waals surface area contributed by atoms with Crippen LogP contribution in [0.15, 0.2) is 60.8 Å². The highest BCUT2D eigenvalue weighted by Crippen LogP contribution is 2.40. The molecule has 5 aromatic rings. The molecule has 2 aromatic carbocycles. The fraction of sp³-hybridized carbons (Fsp3) is 0.258. The molecule has 0 radical (unpaired) electrons. The third-order valence-corrected chi connectivity index (χ3v) is 7.51. The molecule has 0 spiro atoms. The Bertz CT molecular complexity index is 1740. The quantitative estimate of drug-likeness (QED) is 0.252. The highest BCUT2D eigenvalue weighted by molar-refractivity contribution is 6.00. The van der Waals surface area contributed by atoms with E-state index in [-0.39, 0.29) is 12.3 Å². The highest BCUT2D eigenvalue weighted by Gasteiger charge is 2.32. The van der Waals surface area contributed by atoms with E-state index in [9.17, 15) is 9.90 Å². The zero-order valence-electron chi connectivity index (χ0n) is 23.1. The second kappa shape index (κ2) is 11.0. The largest absolute Gasteiger partial charge is 0.496 e. The summed E-state index contributed by atoms with van der Waals surface area (Å²) in [4.78, 5) is 26.8. The summed E-state index contributed by atoms with van der Waals surface area (Å²) in [7, 11) is 4.71. The number of pyridine rings is 1. The fourth-order valence-electron chi connectivity index (χ4n) is 5.53. The predicted octanol–water partition coefficient (Wildman–Crippen LogP) is 4.01. The number of carbonyl (C=O) groups is 1. The Balaban J connectivity index is 1.43. The third kappa shape index (κ3) is 4.66. The van der Waals surface area contributed by atoms with Gasteiger partial charge in [-0.1, -0.05) is 30.3 Å². The number of benzene rings is 2. The molecule has 1 atom stereocenters. The number of aromatic nitrogens is 4. The van der Waals surface area contributed by atoms with Gasteiger partial charge in [0.15, 0.2) is 17.3 Å². The Kier molecular flexibility index (Phi) is 7.07. The molecule has 0 aliphatic carbocycles. The number of aryl methyl sites for hydroxylation is 1. The molecule has 6 rings (SSSR count). The van der Waals surface area contributed by atoms with Crippen molar-refractivity contribution in [3.63, 3.8) is 0 Å². The van der Waals surface area contributed by atoms with Gasteiger partial charge in [-0.25, -0.2) is 9.97 Å². The van der Waals surface area contributed by atoms with Crippen LogP contribution in [0.2, 0.25) is 0 Å². The van der Waals surface area contributed by atoms with Crippen molar-refractivity contribution in [1.29, 1.82) is 0 Å².